The highest BCUT2D eigenvalue weighted by molar-refractivity contribution is 5.78. The Morgan fingerprint density at radius 3 is 3.11 bits per heavy atom. The molecule has 0 spiro atoms. The first-order chi connectivity index (χ1) is 4.34. The number of ether oxygens (including phenoxy) is 1. The van der Waals surface area contributed by atoms with Crippen LogP contribution in [0.15, 0.2) is 12.7 Å². The van der Waals surface area contributed by atoms with E-state index in [0.717, 1.165) is 6.54 Å². The van der Waals surface area contributed by atoms with E-state index in [1.807, 2.05) is 0 Å². The van der Waals surface area contributed by atoms with E-state index in [9.17, 15) is 4.79 Å². The Hall–Kier alpha value is -0.830. The van der Waals surface area contributed by atoms with E-state index in [4.69, 9.17) is 4.74 Å². The van der Waals surface area contributed by atoms with Crippen LogP contribution in [0.25, 0.3) is 0 Å². The van der Waals surface area contributed by atoms with Gasteiger partial charge in [0.25, 0.3) is 0 Å². The van der Waals surface area contributed by atoms with Crippen molar-refractivity contribution >= 4 is 5.97 Å². The summed E-state index contributed by atoms with van der Waals surface area (Å²) in [6.07, 6.45) is 1.54. The molecule has 1 rings (SSSR count). The molecule has 1 unspecified atom stereocenters. The average molecular weight is 127 g/mol. The van der Waals surface area contributed by atoms with Gasteiger partial charge in [-0.1, -0.05) is 6.08 Å². The second-order valence-corrected chi connectivity index (χ2v) is 1.83. The highest BCUT2D eigenvalue weighted by atomic mass is 16.5. The molecule has 0 aromatic carbocycles. The molecule has 0 aromatic rings. The normalized spacial score (nSPS) is 27.1. The molecule has 3 nitrogen and oxygen atoms in total. The van der Waals surface area contributed by atoms with Crippen LogP contribution >= 0.6 is 0 Å². The predicted molar refractivity (Wildman–Crippen MR) is 32.9 cm³/mol. The molecule has 1 N–H and O–H groups in total. The van der Waals surface area contributed by atoms with E-state index in [-0.39, 0.29) is 12.0 Å². The van der Waals surface area contributed by atoms with Crippen molar-refractivity contribution in [3.05, 3.63) is 12.7 Å². The van der Waals surface area contributed by atoms with Crippen molar-refractivity contribution in [2.45, 2.75) is 6.04 Å². The van der Waals surface area contributed by atoms with E-state index in [1.54, 1.807) is 6.08 Å². The number of cyclic esters (lactones) is 1. The molecule has 0 bridgehead atoms. The first-order valence-electron chi connectivity index (χ1n) is 2.87. The molecule has 1 heterocycles. The maximum Gasteiger partial charge on any atom is 0.327 e. The number of morpholine rings is 1. The van der Waals surface area contributed by atoms with Crippen LogP contribution in [0.2, 0.25) is 0 Å². The Balaban J connectivity index is 2.48. The highest BCUT2D eigenvalue weighted by Gasteiger charge is 2.18. The molecule has 0 amide bonds. The fraction of sp³-hybridized carbons (Fsp3) is 0.500. The number of carbonyl (C=O) groups is 1. The Labute approximate surface area is 53.7 Å². The average Bonchev–Trinajstić information content (AvgIpc) is 1.89. The third kappa shape index (κ3) is 1.29. The van der Waals surface area contributed by atoms with Crippen LogP contribution in [0.1, 0.15) is 0 Å². The molecular formula is C6H9NO2. The van der Waals surface area contributed by atoms with Crippen molar-refractivity contribution < 1.29 is 9.53 Å². The van der Waals surface area contributed by atoms with E-state index < -0.39 is 0 Å². The first-order valence-corrected chi connectivity index (χ1v) is 2.87. The van der Waals surface area contributed by atoms with Crippen LogP contribution in [0.4, 0.5) is 0 Å². The number of carbonyl (C=O) groups excluding carboxylic acids is 1. The minimum Gasteiger partial charge on any atom is -0.463 e. The summed E-state index contributed by atoms with van der Waals surface area (Å²) in [7, 11) is 0. The summed E-state index contributed by atoms with van der Waals surface area (Å²) < 4.78 is 4.71. The summed E-state index contributed by atoms with van der Waals surface area (Å²) in [6, 6.07) is -0.293. The van der Waals surface area contributed by atoms with Crippen molar-refractivity contribution in [2.75, 3.05) is 13.2 Å². The second-order valence-electron chi connectivity index (χ2n) is 1.83. The Kier molecular flexibility index (Phi) is 1.85. The van der Waals surface area contributed by atoms with Crippen LogP contribution in [-0.4, -0.2) is 25.2 Å². The summed E-state index contributed by atoms with van der Waals surface area (Å²) in [5, 5.41) is 2.93. The minimum atomic E-state index is -0.293. The minimum absolute atomic E-state index is 0.226. The Bertz CT molecular complexity index is 133. The molecule has 50 valence electrons. The molecule has 1 atom stereocenters. The third-order valence-electron chi connectivity index (χ3n) is 1.20. The lowest BCUT2D eigenvalue weighted by atomic mass is 10.3. The third-order valence-corrected chi connectivity index (χ3v) is 1.20. The van der Waals surface area contributed by atoms with E-state index >= 15 is 0 Å². The fourth-order valence-electron chi connectivity index (χ4n) is 0.719. The molecule has 0 aromatic heterocycles. The molecular weight excluding hydrogens is 118 g/mol. The monoisotopic (exact) mass is 127 g/mol. The van der Waals surface area contributed by atoms with Gasteiger partial charge < -0.3 is 4.74 Å². The van der Waals surface area contributed by atoms with Gasteiger partial charge in [-0.2, -0.15) is 0 Å². The van der Waals surface area contributed by atoms with Crippen LogP contribution in [0.5, 0.6) is 0 Å². The van der Waals surface area contributed by atoms with Gasteiger partial charge in [0.1, 0.15) is 12.6 Å². The van der Waals surface area contributed by atoms with Crippen molar-refractivity contribution in [3.63, 3.8) is 0 Å². The summed E-state index contributed by atoms with van der Waals surface area (Å²) in [5.74, 6) is -0.226. The summed E-state index contributed by atoms with van der Waals surface area (Å²) in [6.45, 7) is 4.67. The SMILES string of the molecule is C=CC1NCCOC1=O. The maximum absolute atomic E-state index is 10.7. The lowest BCUT2D eigenvalue weighted by Gasteiger charge is -2.18. The van der Waals surface area contributed by atoms with Crippen LogP contribution in [0.3, 0.4) is 0 Å². The zero-order valence-corrected chi connectivity index (χ0v) is 5.09. The van der Waals surface area contributed by atoms with Gasteiger partial charge in [0, 0.05) is 6.54 Å². The predicted octanol–water partition coefficient (Wildman–Crippen LogP) is -0.313. The van der Waals surface area contributed by atoms with Gasteiger partial charge in [-0.05, 0) is 0 Å². The van der Waals surface area contributed by atoms with Gasteiger partial charge in [-0.15, -0.1) is 6.58 Å². The summed E-state index contributed by atoms with van der Waals surface area (Å²) in [5.41, 5.74) is 0. The van der Waals surface area contributed by atoms with Gasteiger partial charge in [0.05, 0.1) is 0 Å². The smallest absolute Gasteiger partial charge is 0.327 e. The van der Waals surface area contributed by atoms with Crippen molar-refractivity contribution in [1.82, 2.24) is 5.32 Å². The number of hydrogen-bond donors (Lipinski definition) is 1. The van der Waals surface area contributed by atoms with E-state index in [0.29, 0.717) is 6.61 Å². The standard InChI is InChI=1S/C6H9NO2/c1-2-5-6(8)9-4-3-7-5/h2,5,7H,1,3-4H2. The molecule has 9 heavy (non-hydrogen) atoms. The first kappa shape index (κ1) is 6.29. The summed E-state index contributed by atoms with van der Waals surface area (Å²) >= 11 is 0. The number of hydrogen-bond acceptors (Lipinski definition) is 3. The van der Waals surface area contributed by atoms with Crippen LogP contribution < -0.4 is 5.32 Å². The highest BCUT2D eigenvalue weighted by Crippen LogP contribution is 1.94. The second kappa shape index (κ2) is 2.64. The van der Waals surface area contributed by atoms with Gasteiger partial charge >= 0.3 is 5.97 Å². The molecule has 1 fully saturated rings. The molecule has 1 aliphatic rings. The van der Waals surface area contributed by atoms with Gasteiger partial charge in [-0.25, -0.2) is 0 Å². The fourth-order valence-corrected chi connectivity index (χ4v) is 0.719. The van der Waals surface area contributed by atoms with Crippen molar-refractivity contribution in [2.24, 2.45) is 0 Å². The lowest BCUT2D eigenvalue weighted by Crippen LogP contribution is -2.43. The molecule has 1 aliphatic heterocycles. The van der Waals surface area contributed by atoms with Gasteiger partial charge in [0.2, 0.25) is 0 Å². The van der Waals surface area contributed by atoms with E-state index in [1.165, 1.54) is 0 Å². The Morgan fingerprint density at radius 2 is 2.67 bits per heavy atom. The molecule has 0 saturated carbocycles. The maximum atomic E-state index is 10.7. The number of rotatable bonds is 1. The quantitative estimate of drug-likeness (QED) is 0.388. The largest absolute Gasteiger partial charge is 0.463 e. The summed E-state index contributed by atoms with van der Waals surface area (Å²) in [4.78, 5) is 10.7. The van der Waals surface area contributed by atoms with Crippen molar-refractivity contribution in [1.29, 1.82) is 0 Å². The number of esters is 1. The molecule has 1 saturated heterocycles. The molecule has 3 heteroatoms. The van der Waals surface area contributed by atoms with Crippen LogP contribution in [-0.2, 0) is 9.53 Å². The lowest BCUT2D eigenvalue weighted by molar-refractivity contribution is -0.147. The molecule has 0 radical (unpaired) electrons. The topological polar surface area (TPSA) is 38.3 Å². The van der Waals surface area contributed by atoms with Gasteiger partial charge in [-0.3, -0.25) is 10.1 Å². The zero-order chi connectivity index (χ0) is 6.69. The zero-order valence-electron chi connectivity index (χ0n) is 5.09. The van der Waals surface area contributed by atoms with Crippen LogP contribution in [0, 0.1) is 0 Å². The van der Waals surface area contributed by atoms with E-state index in [2.05, 4.69) is 11.9 Å². The van der Waals surface area contributed by atoms with Crippen molar-refractivity contribution in [3.8, 4) is 0 Å². The number of nitrogens with one attached hydrogen (secondary N) is 1. The Morgan fingerprint density at radius 1 is 1.89 bits per heavy atom. The molecule has 0 aliphatic carbocycles. The van der Waals surface area contributed by atoms with Gasteiger partial charge in [0.15, 0.2) is 0 Å².